The van der Waals surface area contributed by atoms with E-state index in [0.717, 1.165) is 52.3 Å². The van der Waals surface area contributed by atoms with Crippen LogP contribution in [0.3, 0.4) is 0 Å². The Morgan fingerprint density at radius 3 is 1.82 bits per heavy atom. The first-order valence-electron chi connectivity index (χ1n) is 29.2. The van der Waals surface area contributed by atoms with Gasteiger partial charge in [-0.05, 0) is 147 Å². The summed E-state index contributed by atoms with van der Waals surface area (Å²) in [6.07, 6.45) is 3.69. The van der Waals surface area contributed by atoms with E-state index >= 15 is 9.59 Å². The highest BCUT2D eigenvalue weighted by atomic mass is 16.2. The minimum atomic E-state index is -0.978. The van der Waals surface area contributed by atoms with Crippen LogP contribution in [0.2, 0.25) is 0 Å². The van der Waals surface area contributed by atoms with Crippen molar-refractivity contribution in [1.82, 2.24) is 46.6 Å². The zero-order valence-electron chi connectivity index (χ0n) is 49.7. The number of rotatable bonds is 18. The molecule has 7 amide bonds. The molecular formula is C66H85N9O7. The predicted molar refractivity (Wildman–Crippen MR) is 321 cm³/mol. The van der Waals surface area contributed by atoms with Gasteiger partial charge in [0.15, 0.2) is 0 Å². The number of nitrogens with one attached hydrogen (secondary N) is 6. The molecule has 436 valence electrons. The molecule has 1 fully saturated rings. The average molecular weight is 1120 g/mol. The lowest BCUT2D eigenvalue weighted by Gasteiger charge is -2.44. The predicted octanol–water partition coefficient (Wildman–Crippen LogP) is 7.04. The Morgan fingerprint density at radius 2 is 1.20 bits per heavy atom. The van der Waals surface area contributed by atoms with Crippen LogP contribution in [0.4, 0.5) is 0 Å². The van der Waals surface area contributed by atoms with Crippen LogP contribution in [0.15, 0.2) is 115 Å². The fourth-order valence-corrected chi connectivity index (χ4v) is 11.7. The smallest absolute Gasteiger partial charge is 0.254 e. The van der Waals surface area contributed by atoms with Gasteiger partial charge in [-0.1, -0.05) is 133 Å². The SMILES string of the molecule is CN[C@@H](C)C(=O)N[C@H](C(=O)N1Cc2ccccc2C[C@H]1CN(C(=O)c1ccc(C(=O)N[C@H]2C[C@@H](C(=O)N[C@@H]3CCCc4ccccc43)N(C(=O)[C@@H](NC(=O)[C@H](C)NC)C(C)(C)C)C2)cc1)[C@H](C)Cc1ccc2ccccc2c1)C(C)(C)C. The molecular weight excluding hydrogens is 1030 g/mol. The lowest BCUT2D eigenvalue weighted by Crippen LogP contribution is -2.61. The maximum atomic E-state index is 15.3. The number of hydrogen-bond acceptors (Lipinski definition) is 9. The van der Waals surface area contributed by atoms with Crippen LogP contribution in [-0.4, -0.2) is 132 Å². The molecule has 9 atom stereocenters. The van der Waals surface area contributed by atoms with Gasteiger partial charge in [-0.2, -0.15) is 0 Å². The van der Waals surface area contributed by atoms with E-state index in [1.54, 1.807) is 52.2 Å². The Hall–Kier alpha value is -7.43. The molecule has 0 radical (unpaired) electrons. The second-order valence-corrected chi connectivity index (χ2v) is 25.1. The highest BCUT2D eigenvalue weighted by Crippen LogP contribution is 2.33. The van der Waals surface area contributed by atoms with Crippen molar-refractivity contribution >= 4 is 52.1 Å². The summed E-state index contributed by atoms with van der Waals surface area (Å²) in [5.74, 6) is -2.35. The second kappa shape index (κ2) is 25.8. The van der Waals surface area contributed by atoms with Crippen molar-refractivity contribution in [3.63, 3.8) is 0 Å². The Kier molecular flexibility index (Phi) is 19.1. The van der Waals surface area contributed by atoms with Crippen molar-refractivity contribution < 1.29 is 33.6 Å². The monoisotopic (exact) mass is 1120 g/mol. The topological polar surface area (TPSA) is 201 Å². The summed E-state index contributed by atoms with van der Waals surface area (Å²) in [7, 11) is 3.37. The van der Waals surface area contributed by atoms with Crippen LogP contribution in [0, 0.1) is 10.8 Å². The Balaban J connectivity index is 1.06. The number of likely N-dealkylation sites (N-methyl/N-ethyl adjacent to an activating group) is 2. The zero-order chi connectivity index (χ0) is 59.2. The van der Waals surface area contributed by atoms with Crippen LogP contribution in [0.25, 0.3) is 10.8 Å². The Labute approximate surface area is 484 Å². The summed E-state index contributed by atoms with van der Waals surface area (Å²) in [5.41, 5.74) is 4.60. The van der Waals surface area contributed by atoms with Gasteiger partial charge >= 0.3 is 0 Å². The number of amides is 7. The molecule has 1 aliphatic carbocycles. The van der Waals surface area contributed by atoms with Crippen molar-refractivity contribution in [2.24, 2.45) is 10.8 Å². The first-order chi connectivity index (χ1) is 38.9. The fourth-order valence-electron chi connectivity index (χ4n) is 11.7. The number of carbonyl (C=O) groups excluding carboxylic acids is 7. The number of carbonyl (C=O) groups is 7. The van der Waals surface area contributed by atoms with Crippen molar-refractivity contribution in [3.05, 3.63) is 154 Å². The molecule has 0 aromatic heterocycles. The maximum Gasteiger partial charge on any atom is 0.254 e. The standard InChI is InChI=1S/C66H85N9O7/c1-40(33-43-27-28-44-19-12-13-21-48(44)34-43)73(39-52-35-49-22-14-15-23-50(49)37-74(52)63(81)56(65(4,5)6)71-58(76)41(2)67-10)62(80)47-31-29-46(30-32-47)60(78)69-51-36-55(61(79)70-54-26-18-24-45-20-16-17-25-53(45)54)75(38-51)64(82)57(66(7,8)9)72-59(77)42(3)68-11/h12-17,19-23,25,27-32,34,40-42,51-52,54-57,67-68H,18,24,26,33,35-39H2,1-11H3,(H,69,78)(H,70,79)(H,71,76)(H,72,77)/t40-,41+,42+,51+,52+,54-,55+,56-,57-/m1/s1. The largest absolute Gasteiger partial charge is 0.347 e. The molecule has 5 aromatic carbocycles. The molecule has 0 unspecified atom stereocenters. The maximum absolute atomic E-state index is 15.3. The average Bonchev–Trinajstić information content (AvgIpc) is 3.68. The molecule has 5 aromatic rings. The summed E-state index contributed by atoms with van der Waals surface area (Å²) >= 11 is 0. The lowest BCUT2D eigenvalue weighted by molar-refractivity contribution is -0.144. The van der Waals surface area contributed by atoms with E-state index in [4.69, 9.17) is 0 Å². The molecule has 0 saturated carbocycles. The minimum Gasteiger partial charge on any atom is -0.347 e. The fraction of sp³-hybridized carbons (Fsp3) is 0.470. The lowest BCUT2D eigenvalue weighted by atomic mass is 9.84. The molecule has 0 bridgehead atoms. The molecule has 2 heterocycles. The van der Waals surface area contributed by atoms with Crippen molar-refractivity contribution in [2.75, 3.05) is 27.2 Å². The van der Waals surface area contributed by atoms with Gasteiger partial charge in [-0.25, -0.2) is 0 Å². The number of aryl methyl sites for hydroxylation is 1. The third kappa shape index (κ3) is 14.1. The second-order valence-electron chi connectivity index (χ2n) is 25.1. The number of fused-ring (bicyclic) bond motifs is 3. The Morgan fingerprint density at radius 1 is 0.634 bits per heavy atom. The molecule has 0 spiro atoms. The van der Waals surface area contributed by atoms with Crippen molar-refractivity contribution in [3.8, 4) is 0 Å². The molecule has 2 aliphatic heterocycles. The Bertz CT molecular complexity index is 3150. The quantitative estimate of drug-likeness (QED) is 0.0533. The first-order valence-corrected chi connectivity index (χ1v) is 29.2. The van der Waals surface area contributed by atoms with Gasteiger partial charge < -0.3 is 46.6 Å². The van der Waals surface area contributed by atoms with E-state index in [2.05, 4.69) is 74.4 Å². The molecule has 16 nitrogen and oxygen atoms in total. The third-order valence-corrected chi connectivity index (χ3v) is 16.9. The van der Waals surface area contributed by atoms with Gasteiger partial charge in [0, 0.05) is 42.8 Å². The summed E-state index contributed by atoms with van der Waals surface area (Å²) < 4.78 is 0. The van der Waals surface area contributed by atoms with Crippen LogP contribution in [0.5, 0.6) is 0 Å². The van der Waals surface area contributed by atoms with Gasteiger partial charge in [0.1, 0.15) is 18.1 Å². The first kappa shape index (κ1) is 60.7. The molecule has 8 rings (SSSR count). The molecule has 16 heteroatoms. The van der Waals surface area contributed by atoms with Crippen LogP contribution in [0.1, 0.15) is 136 Å². The van der Waals surface area contributed by atoms with E-state index in [-0.39, 0.29) is 66.7 Å². The number of likely N-dealkylation sites (tertiary alicyclic amines) is 1. The van der Waals surface area contributed by atoms with E-state index < -0.39 is 64.9 Å². The summed E-state index contributed by atoms with van der Waals surface area (Å²) in [6.45, 7) is 17.4. The summed E-state index contributed by atoms with van der Waals surface area (Å²) in [5, 5.41) is 20.5. The number of hydrogen-bond donors (Lipinski definition) is 6. The molecule has 82 heavy (non-hydrogen) atoms. The van der Waals surface area contributed by atoms with E-state index in [0.29, 0.717) is 24.9 Å². The molecule has 6 N–H and O–H groups in total. The molecule has 3 aliphatic rings. The van der Waals surface area contributed by atoms with Gasteiger partial charge in [0.05, 0.1) is 24.2 Å². The van der Waals surface area contributed by atoms with Crippen molar-refractivity contribution in [1.29, 1.82) is 0 Å². The molecule has 1 saturated heterocycles. The highest BCUT2D eigenvalue weighted by Gasteiger charge is 2.47. The van der Waals surface area contributed by atoms with E-state index in [9.17, 15) is 24.0 Å². The third-order valence-electron chi connectivity index (χ3n) is 16.9. The van der Waals surface area contributed by atoms with Gasteiger partial charge in [0.25, 0.3) is 11.8 Å². The van der Waals surface area contributed by atoms with E-state index in [1.165, 1.54) is 10.5 Å². The summed E-state index contributed by atoms with van der Waals surface area (Å²) in [6, 6.07) is 31.5. The van der Waals surface area contributed by atoms with Crippen molar-refractivity contribution in [2.45, 2.75) is 162 Å². The number of nitrogens with zero attached hydrogens (tertiary/aromatic N) is 3. The van der Waals surface area contributed by atoms with Gasteiger partial charge in [-0.15, -0.1) is 0 Å². The van der Waals surface area contributed by atoms with Crippen LogP contribution >= 0.6 is 0 Å². The number of benzene rings is 5. The van der Waals surface area contributed by atoms with E-state index in [1.807, 2.05) is 107 Å². The highest BCUT2D eigenvalue weighted by molar-refractivity contribution is 5.99. The van der Waals surface area contributed by atoms with Crippen LogP contribution < -0.4 is 31.9 Å². The van der Waals surface area contributed by atoms with Gasteiger partial charge in [-0.3, -0.25) is 33.6 Å². The van der Waals surface area contributed by atoms with Gasteiger partial charge in [0.2, 0.25) is 29.5 Å². The zero-order valence-corrected chi connectivity index (χ0v) is 49.7. The van der Waals surface area contributed by atoms with Crippen LogP contribution in [-0.2, 0) is 49.8 Å². The normalized spacial score (nSPS) is 19.8. The summed E-state index contributed by atoms with van der Waals surface area (Å²) in [4.78, 5) is 106. The minimum absolute atomic E-state index is 0.0255.